The molecule has 0 spiro atoms. The minimum atomic E-state index is -0.0879. The molecule has 4 rings (SSSR count). The molecule has 1 saturated carbocycles. The van der Waals surface area contributed by atoms with Gasteiger partial charge in [0.2, 0.25) is 0 Å². The van der Waals surface area contributed by atoms with Gasteiger partial charge >= 0.3 is 0 Å². The van der Waals surface area contributed by atoms with E-state index in [4.69, 9.17) is 23.8 Å². The van der Waals surface area contributed by atoms with Crippen LogP contribution >= 0.6 is 35.6 Å². The Balaban J connectivity index is 1.60. The number of rotatable bonds is 2. The van der Waals surface area contributed by atoms with Crippen molar-refractivity contribution in [2.45, 2.75) is 49.6 Å². The molecule has 0 radical (unpaired) electrons. The zero-order valence-electron chi connectivity index (χ0n) is 12.8. The van der Waals surface area contributed by atoms with Crippen LogP contribution in [-0.4, -0.2) is 38.7 Å². The molecule has 3 aliphatic rings. The van der Waals surface area contributed by atoms with Gasteiger partial charge < -0.3 is 4.90 Å². The number of nitrogens with zero attached hydrogens (tertiary/aromatic N) is 2. The van der Waals surface area contributed by atoms with Crippen molar-refractivity contribution in [1.82, 2.24) is 9.80 Å². The Morgan fingerprint density at radius 1 is 1.13 bits per heavy atom. The highest BCUT2D eigenvalue weighted by Crippen LogP contribution is 2.46. The lowest BCUT2D eigenvalue weighted by Crippen LogP contribution is -2.42. The van der Waals surface area contributed by atoms with E-state index in [2.05, 4.69) is 4.90 Å². The van der Waals surface area contributed by atoms with Gasteiger partial charge in [0, 0.05) is 16.8 Å². The Hall–Kier alpha value is -0.780. The summed E-state index contributed by atoms with van der Waals surface area (Å²) in [6.07, 6.45) is 5.87. The Kier molecular flexibility index (Phi) is 4.28. The van der Waals surface area contributed by atoms with Crippen LogP contribution in [0, 0.1) is 0 Å². The summed E-state index contributed by atoms with van der Waals surface area (Å²) in [5.41, 5.74) is 1.17. The van der Waals surface area contributed by atoms with Gasteiger partial charge in [0.05, 0.1) is 0 Å². The Bertz CT molecular complexity index is 630. The zero-order chi connectivity index (χ0) is 16.0. The quantitative estimate of drug-likeness (QED) is 0.731. The molecule has 3 nitrogen and oxygen atoms in total. The molecule has 0 bridgehead atoms. The Labute approximate surface area is 151 Å². The molecule has 2 atom stereocenters. The summed E-state index contributed by atoms with van der Waals surface area (Å²) in [5.74, 6) is 1.03. The van der Waals surface area contributed by atoms with Crippen molar-refractivity contribution in [3.05, 3.63) is 34.9 Å². The third kappa shape index (κ3) is 2.67. The van der Waals surface area contributed by atoms with Crippen LogP contribution < -0.4 is 0 Å². The SMILES string of the molecule is O=C1[C@H]2CS[C@@H](c3ccc(Cl)cc3)N2C(=S)N1C1CCCCC1. The van der Waals surface area contributed by atoms with Gasteiger partial charge in [-0.3, -0.25) is 9.69 Å². The predicted molar refractivity (Wildman–Crippen MR) is 98.6 cm³/mol. The van der Waals surface area contributed by atoms with Gasteiger partial charge in [-0.25, -0.2) is 0 Å². The fourth-order valence-corrected chi connectivity index (χ4v) is 5.96. The van der Waals surface area contributed by atoms with Crippen LogP contribution in [0.3, 0.4) is 0 Å². The van der Waals surface area contributed by atoms with Crippen LogP contribution in [0.4, 0.5) is 0 Å². The fraction of sp³-hybridized carbons (Fsp3) is 0.529. The van der Waals surface area contributed by atoms with Crippen LogP contribution in [0.15, 0.2) is 24.3 Å². The van der Waals surface area contributed by atoms with Crippen molar-refractivity contribution >= 4 is 46.6 Å². The van der Waals surface area contributed by atoms with E-state index in [9.17, 15) is 4.79 Å². The summed E-state index contributed by atoms with van der Waals surface area (Å²) >= 11 is 13.5. The molecule has 23 heavy (non-hydrogen) atoms. The molecule has 0 unspecified atom stereocenters. The third-order valence-electron chi connectivity index (χ3n) is 5.04. The first kappa shape index (κ1) is 15.7. The van der Waals surface area contributed by atoms with E-state index in [1.54, 1.807) is 11.8 Å². The van der Waals surface area contributed by atoms with Gasteiger partial charge in [0.1, 0.15) is 11.4 Å². The van der Waals surface area contributed by atoms with Crippen molar-refractivity contribution in [2.75, 3.05) is 5.75 Å². The van der Waals surface area contributed by atoms with E-state index in [1.807, 2.05) is 29.2 Å². The van der Waals surface area contributed by atoms with Crippen LogP contribution in [0.2, 0.25) is 5.02 Å². The van der Waals surface area contributed by atoms with Crippen molar-refractivity contribution in [3.63, 3.8) is 0 Å². The summed E-state index contributed by atoms with van der Waals surface area (Å²) in [7, 11) is 0. The molecule has 6 heteroatoms. The van der Waals surface area contributed by atoms with E-state index in [-0.39, 0.29) is 17.3 Å². The second kappa shape index (κ2) is 6.26. The number of hydrogen-bond donors (Lipinski definition) is 0. The van der Waals surface area contributed by atoms with Crippen LogP contribution in [0.25, 0.3) is 0 Å². The van der Waals surface area contributed by atoms with Gasteiger partial charge in [-0.1, -0.05) is 43.0 Å². The molecule has 1 aromatic rings. The van der Waals surface area contributed by atoms with Gasteiger partial charge in [0.25, 0.3) is 5.91 Å². The lowest BCUT2D eigenvalue weighted by atomic mass is 9.94. The van der Waals surface area contributed by atoms with Gasteiger partial charge in [-0.2, -0.15) is 0 Å². The molecule has 1 amide bonds. The maximum absolute atomic E-state index is 12.9. The second-order valence-corrected chi connectivity index (χ2v) is 8.36. The topological polar surface area (TPSA) is 23.6 Å². The number of thiocarbonyl (C=S) groups is 1. The van der Waals surface area contributed by atoms with Gasteiger partial charge in [-0.05, 0) is 42.8 Å². The number of carbonyl (C=O) groups excluding carboxylic acids is 1. The zero-order valence-corrected chi connectivity index (χ0v) is 15.2. The largest absolute Gasteiger partial charge is 0.320 e. The molecule has 2 saturated heterocycles. The lowest BCUT2D eigenvalue weighted by molar-refractivity contribution is -0.129. The first-order valence-electron chi connectivity index (χ1n) is 8.19. The Morgan fingerprint density at radius 3 is 2.52 bits per heavy atom. The summed E-state index contributed by atoms with van der Waals surface area (Å²) in [6.45, 7) is 0. The molecule has 122 valence electrons. The fourth-order valence-electron chi connectivity index (χ4n) is 3.87. The minimum Gasteiger partial charge on any atom is -0.320 e. The van der Waals surface area contributed by atoms with E-state index < -0.39 is 0 Å². The van der Waals surface area contributed by atoms with Crippen LogP contribution in [-0.2, 0) is 4.79 Å². The molecule has 3 fully saturated rings. The average molecular weight is 367 g/mol. The van der Waals surface area contributed by atoms with Crippen LogP contribution in [0.1, 0.15) is 43.0 Å². The molecule has 1 aromatic carbocycles. The summed E-state index contributed by atoms with van der Waals surface area (Å²) in [4.78, 5) is 17.0. The van der Waals surface area contributed by atoms with Crippen molar-refractivity contribution in [1.29, 1.82) is 0 Å². The predicted octanol–water partition coefficient (Wildman–Crippen LogP) is 4.22. The summed E-state index contributed by atoms with van der Waals surface area (Å²) in [5, 5.41) is 1.59. The standard InChI is InChI=1S/C17H19ClN2OS2/c18-12-8-6-11(7-9-12)16-20-14(10-23-16)15(21)19(17(20)22)13-4-2-1-3-5-13/h6-9,13-14,16H,1-5,10H2/t14-,16+/m1/s1. The smallest absolute Gasteiger partial charge is 0.252 e. The maximum atomic E-state index is 12.9. The molecule has 2 aliphatic heterocycles. The van der Waals surface area contributed by atoms with E-state index in [1.165, 1.54) is 24.8 Å². The van der Waals surface area contributed by atoms with Crippen molar-refractivity contribution in [3.8, 4) is 0 Å². The minimum absolute atomic E-state index is 0.0879. The summed E-state index contributed by atoms with van der Waals surface area (Å²) in [6, 6.07) is 8.12. The number of hydrogen-bond acceptors (Lipinski definition) is 3. The van der Waals surface area contributed by atoms with Crippen LogP contribution in [0.5, 0.6) is 0 Å². The number of thioether (sulfide) groups is 1. The first-order valence-corrected chi connectivity index (χ1v) is 10.0. The Morgan fingerprint density at radius 2 is 1.83 bits per heavy atom. The van der Waals surface area contributed by atoms with Gasteiger partial charge in [0.15, 0.2) is 5.11 Å². The second-order valence-electron chi connectivity index (χ2n) is 6.44. The lowest BCUT2D eigenvalue weighted by Gasteiger charge is -2.32. The molecule has 0 N–H and O–H groups in total. The highest BCUT2D eigenvalue weighted by atomic mass is 35.5. The molecule has 1 aliphatic carbocycles. The van der Waals surface area contributed by atoms with E-state index in [0.29, 0.717) is 6.04 Å². The number of fused-ring (bicyclic) bond motifs is 1. The normalized spacial score (nSPS) is 28.6. The highest BCUT2D eigenvalue weighted by molar-refractivity contribution is 7.99. The third-order valence-corrected chi connectivity index (χ3v) is 7.03. The maximum Gasteiger partial charge on any atom is 0.252 e. The highest BCUT2D eigenvalue weighted by Gasteiger charge is 2.52. The van der Waals surface area contributed by atoms with E-state index >= 15 is 0 Å². The number of halogens is 1. The molecular weight excluding hydrogens is 348 g/mol. The number of benzene rings is 1. The average Bonchev–Trinajstić information content (AvgIpc) is 3.10. The molecular formula is C17H19ClN2OS2. The van der Waals surface area contributed by atoms with E-state index in [0.717, 1.165) is 28.7 Å². The summed E-state index contributed by atoms with van der Waals surface area (Å²) < 4.78 is 0. The monoisotopic (exact) mass is 366 g/mol. The van der Waals surface area contributed by atoms with Crippen molar-refractivity contribution in [2.24, 2.45) is 0 Å². The number of amides is 1. The molecule has 2 heterocycles. The first-order chi connectivity index (χ1) is 11.2. The molecule has 0 aromatic heterocycles. The number of carbonyl (C=O) groups is 1. The van der Waals surface area contributed by atoms with Crippen molar-refractivity contribution < 1.29 is 4.79 Å². The van der Waals surface area contributed by atoms with Gasteiger partial charge in [-0.15, -0.1) is 11.8 Å².